The fourth-order valence-corrected chi connectivity index (χ4v) is 2.67. The number of rotatable bonds is 6. The quantitative estimate of drug-likeness (QED) is 0.350. The van der Waals surface area contributed by atoms with Gasteiger partial charge in [-0.25, -0.2) is 5.43 Å². The van der Waals surface area contributed by atoms with E-state index in [0.29, 0.717) is 11.6 Å². The molecule has 0 fully saturated rings. The van der Waals surface area contributed by atoms with Crippen molar-refractivity contribution in [3.05, 3.63) is 52.3 Å². The van der Waals surface area contributed by atoms with Crippen LogP contribution in [0.25, 0.3) is 5.69 Å². The summed E-state index contributed by atoms with van der Waals surface area (Å²) in [5.74, 6) is -1.59. The molecule has 1 aromatic heterocycles. The number of ether oxygens (including phenoxy) is 1. The predicted molar refractivity (Wildman–Crippen MR) is 101 cm³/mol. The molecular weight excluding hydrogens is 356 g/mol. The Balaban J connectivity index is 2.06. The molecule has 0 aliphatic carbocycles. The maximum atomic E-state index is 11.6. The van der Waals surface area contributed by atoms with E-state index in [0.717, 1.165) is 22.6 Å². The summed E-state index contributed by atoms with van der Waals surface area (Å²) in [5, 5.41) is 6.93. The monoisotopic (exact) mass is 376 g/mol. The zero-order chi connectivity index (χ0) is 19.1. The highest BCUT2D eigenvalue weighted by Crippen LogP contribution is 2.22. The Labute approximate surface area is 157 Å². The number of hydrazone groups is 1. The molecular formula is C18H21ClN4O3. The van der Waals surface area contributed by atoms with Crippen LogP contribution in [0, 0.1) is 13.8 Å². The molecule has 8 heteroatoms. The van der Waals surface area contributed by atoms with E-state index in [1.54, 1.807) is 0 Å². The average Bonchev–Trinajstić information content (AvgIpc) is 2.88. The lowest BCUT2D eigenvalue weighted by Gasteiger charge is -2.09. The second kappa shape index (κ2) is 9.17. The van der Waals surface area contributed by atoms with Crippen molar-refractivity contribution in [3.63, 3.8) is 0 Å². The summed E-state index contributed by atoms with van der Waals surface area (Å²) in [6, 6.07) is 9.46. The molecule has 1 aromatic carbocycles. The van der Waals surface area contributed by atoms with Crippen LogP contribution in [-0.2, 0) is 14.3 Å². The molecule has 1 heterocycles. The van der Waals surface area contributed by atoms with Gasteiger partial charge in [-0.15, -0.1) is 0 Å². The van der Waals surface area contributed by atoms with Crippen molar-refractivity contribution in [2.45, 2.75) is 13.8 Å². The van der Waals surface area contributed by atoms with Crippen molar-refractivity contribution in [1.29, 1.82) is 0 Å². The lowest BCUT2D eigenvalue weighted by molar-refractivity contribution is -0.139. The highest BCUT2D eigenvalue weighted by atomic mass is 35.5. The molecule has 0 saturated heterocycles. The number of methoxy groups -OCH3 is 1. The average molecular weight is 377 g/mol. The Morgan fingerprint density at radius 1 is 1.27 bits per heavy atom. The Bertz CT molecular complexity index is 830. The summed E-state index contributed by atoms with van der Waals surface area (Å²) in [7, 11) is 1.51. The SMILES string of the molecule is COCCNC(=O)C(=O)NN=Cc1cc(C)n(-c2cccc(Cl)c2)c1C. The summed E-state index contributed by atoms with van der Waals surface area (Å²) in [4.78, 5) is 23.2. The van der Waals surface area contributed by atoms with E-state index in [2.05, 4.69) is 15.8 Å². The molecule has 0 radical (unpaired) electrons. The van der Waals surface area contributed by atoms with Gasteiger partial charge in [0.05, 0.1) is 12.8 Å². The summed E-state index contributed by atoms with van der Waals surface area (Å²) in [5.41, 5.74) is 5.90. The van der Waals surface area contributed by atoms with E-state index >= 15 is 0 Å². The first-order valence-corrected chi connectivity index (χ1v) is 8.37. The zero-order valence-electron chi connectivity index (χ0n) is 14.9. The Hall–Kier alpha value is -2.64. The van der Waals surface area contributed by atoms with Gasteiger partial charge in [-0.2, -0.15) is 5.10 Å². The van der Waals surface area contributed by atoms with Gasteiger partial charge in [0.2, 0.25) is 0 Å². The number of hydrogen-bond donors (Lipinski definition) is 2. The molecule has 26 heavy (non-hydrogen) atoms. The number of benzene rings is 1. The number of aromatic nitrogens is 1. The van der Waals surface area contributed by atoms with Crippen LogP contribution in [0.5, 0.6) is 0 Å². The van der Waals surface area contributed by atoms with Crippen LogP contribution in [-0.4, -0.2) is 42.9 Å². The van der Waals surface area contributed by atoms with E-state index < -0.39 is 11.8 Å². The number of amides is 2. The number of aryl methyl sites for hydroxylation is 1. The van der Waals surface area contributed by atoms with E-state index in [1.165, 1.54) is 13.3 Å². The molecule has 0 unspecified atom stereocenters. The van der Waals surface area contributed by atoms with Crippen LogP contribution in [0.2, 0.25) is 5.02 Å². The lowest BCUT2D eigenvalue weighted by atomic mass is 10.2. The van der Waals surface area contributed by atoms with Gasteiger partial charge in [0.15, 0.2) is 0 Å². The van der Waals surface area contributed by atoms with Crippen molar-refractivity contribution >= 4 is 29.6 Å². The minimum atomic E-state index is -0.832. The van der Waals surface area contributed by atoms with E-state index in [-0.39, 0.29) is 6.54 Å². The molecule has 2 rings (SSSR count). The number of hydrogen-bond acceptors (Lipinski definition) is 4. The van der Waals surface area contributed by atoms with Crippen LogP contribution in [0.1, 0.15) is 17.0 Å². The molecule has 0 bridgehead atoms. The highest BCUT2D eigenvalue weighted by Gasteiger charge is 2.12. The van der Waals surface area contributed by atoms with Gasteiger partial charge in [0.1, 0.15) is 0 Å². The van der Waals surface area contributed by atoms with Crippen molar-refractivity contribution in [2.24, 2.45) is 5.10 Å². The smallest absolute Gasteiger partial charge is 0.329 e. The number of nitrogens with zero attached hydrogens (tertiary/aromatic N) is 2. The molecule has 0 atom stereocenters. The summed E-state index contributed by atoms with van der Waals surface area (Å²) in [6.45, 7) is 4.49. The number of carbonyl (C=O) groups excluding carboxylic acids is 2. The highest BCUT2D eigenvalue weighted by molar-refractivity contribution is 6.35. The van der Waals surface area contributed by atoms with E-state index in [1.807, 2.05) is 48.7 Å². The van der Waals surface area contributed by atoms with Gasteiger partial charge in [-0.3, -0.25) is 9.59 Å². The fourth-order valence-electron chi connectivity index (χ4n) is 2.49. The Kier molecular flexibility index (Phi) is 6.94. The van der Waals surface area contributed by atoms with E-state index in [9.17, 15) is 9.59 Å². The molecule has 7 nitrogen and oxygen atoms in total. The third-order valence-corrected chi connectivity index (χ3v) is 3.94. The molecule has 0 aliphatic rings. The molecule has 2 aromatic rings. The maximum absolute atomic E-state index is 11.6. The minimum Gasteiger partial charge on any atom is -0.383 e. The molecule has 138 valence electrons. The van der Waals surface area contributed by atoms with Crippen LogP contribution in [0.15, 0.2) is 35.4 Å². The topological polar surface area (TPSA) is 84.7 Å². The van der Waals surface area contributed by atoms with Crippen LogP contribution >= 0.6 is 11.6 Å². The van der Waals surface area contributed by atoms with Crippen molar-refractivity contribution in [3.8, 4) is 5.69 Å². The van der Waals surface area contributed by atoms with Crippen LogP contribution in [0.3, 0.4) is 0 Å². The number of halogens is 1. The number of nitrogens with one attached hydrogen (secondary N) is 2. The Morgan fingerprint density at radius 2 is 2.04 bits per heavy atom. The normalized spacial score (nSPS) is 10.9. The van der Waals surface area contributed by atoms with Crippen LogP contribution < -0.4 is 10.7 Å². The van der Waals surface area contributed by atoms with Gasteiger partial charge >= 0.3 is 11.8 Å². The van der Waals surface area contributed by atoms with Gasteiger partial charge in [0, 0.05) is 41.3 Å². The molecule has 0 saturated carbocycles. The fraction of sp³-hybridized carbons (Fsp3) is 0.278. The largest absolute Gasteiger partial charge is 0.383 e. The van der Waals surface area contributed by atoms with Crippen LogP contribution in [0.4, 0.5) is 0 Å². The van der Waals surface area contributed by atoms with Crippen molar-refractivity contribution in [2.75, 3.05) is 20.3 Å². The molecule has 0 spiro atoms. The summed E-state index contributed by atoms with van der Waals surface area (Å²) < 4.78 is 6.83. The summed E-state index contributed by atoms with van der Waals surface area (Å²) >= 11 is 6.07. The zero-order valence-corrected chi connectivity index (χ0v) is 15.6. The lowest BCUT2D eigenvalue weighted by Crippen LogP contribution is -2.39. The van der Waals surface area contributed by atoms with Gasteiger partial charge in [0.25, 0.3) is 0 Å². The molecule has 2 amide bonds. The van der Waals surface area contributed by atoms with Crippen molar-refractivity contribution < 1.29 is 14.3 Å². The maximum Gasteiger partial charge on any atom is 0.329 e. The first-order chi connectivity index (χ1) is 12.4. The van der Waals surface area contributed by atoms with Crippen molar-refractivity contribution in [1.82, 2.24) is 15.3 Å². The first-order valence-electron chi connectivity index (χ1n) is 7.99. The molecule has 2 N–H and O–H groups in total. The first kappa shape index (κ1) is 19.7. The predicted octanol–water partition coefficient (Wildman–Crippen LogP) is 1.96. The third-order valence-electron chi connectivity index (χ3n) is 3.70. The third kappa shape index (κ3) is 4.93. The molecule has 0 aliphatic heterocycles. The second-order valence-corrected chi connectivity index (χ2v) is 6.03. The summed E-state index contributed by atoms with van der Waals surface area (Å²) in [6.07, 6.45) is 1.50. The minimum absolute atomic E-state index is 0.257. The van der Waals surface area contributed by atoms with Gasteiger partial charge in [-0.05, 0) is 38.1 Å². The number of carbonyl (C=O) groups is 2. The standard InChI is InChI=1S/C18H21ClN4O3/c1-12-9-14(11-21-22-18(25)17(24)20-7-8-26-3)13(2)23(12)16-6-4-5-15(19)10-16/h4-6,9-11H,7-8H2,1-3H3,(H,20,24)(H,22,25). The second-order valence-electron chi connectivity index (χ2n) is 5.59. The van der Waals surface area contributed by atoms with Gasteiger partial charge < -0.3 is 14.6 Å². The van der Waals surface area contributed by atoms with Gasteiger partial charge in [-0.1, -0.05) is 17.7 Å². The Morgan fingerprint density at radius 3 is 2.73 bits per heavy atom. The van der Waals surface area contributed by atoms with E-state index in [4.69, 9.17) is 16.3 Å².